The minimum atomic E-state index is -0.0379. The number of halogens is 1. The Kier molecular flexibility index (Phi) is 5.33. The first kappa shape index (κ1) is 20.5. The molecule has 0 fully saturated rings. The van der Waals surface area contributed by atoms with Crippen LogP contribution >= 0.6 is 22.9 Å². The maximum Gasteiger partial charge on any atom is 0.196 e. The van der Waals surface area contributed by atoms with Gasteiger partial charge in [0.05, 0.1) is 29.8 Å². The van der Waals surface area contributed by atoms with E-state index in [9.17, 15) is 4.79 Å². The molecule has 0 bridgehead atoms. The molecule has 1 N–H and O–H groups in total. The third-order valence-corrected chi connectivity index (χ3v) is 6.79. The summed E-state index contributed by atoms with van der Waals surface area (Å²) in [7, 11) is 3.22. The van der Waals surface area contributed by atoms with Gasteiger partial charge in [-0.1, -0.05) is 35.9 Å². The zero-order chi connectivity index (χ0) is 22.2. The molecule has 0 radical (unpaired) electrons. The van der Waals surface area contributed by atoms with E-state index >= 15 is 0 Å². The molecular formula is C25H19ClN2O3S. The smallest absolute Gasteiger partial charge is 0.196 e. The Morgan fingerprint density at radius 1 is 0.969 bits per heavy atom. The molecule has 0 saturated carbocycles. The molecule has 32 heavy (non-hydrogen) atoms. The largest absolute Gasteiger partial charge is 0.493 e. The number of nitrogens with zero attached hydrogens (tertiary/aromatic N) is 1. The lowest BCUT2D eigenvalue weighted by Gasteiger charge is -2.13. The number of pyridine rings is 1. The molecule has 0 saturated heterocycles. The summed E-state index contributed by atoms with van der Waals surface area (Å²) in [6, 6.07) is 18.9. The summed E-state index contributed by atoms with van der Waals surface area (Å²) >= 11 is 7.71. The molecule has 0 unspecified atom stereocenters. The fourth-order valence-electron chi connectivity index (χ4n) is 3.83. The highest BCUT2D eigenvalue weighted by molar-refractivity contribution is 7.25. The lowest BCUT2D eigenvalue weighted by atomic mass is 10.1. The predicted molar refractivity (Wildman–Crippen MR) is 133 cm³/mol. The van der Waals surface area contributed by atoms with Crippen LogP contribution in [-0.2, 0) is 6.54 Å². The molecule has 0 aliphatic rings. The highest BCUT2D eigenvalue weighted by Crippen LogP contribution is 2.35. The van der Waals surface area contributed by atoms with E-state index in [1.165, 1.54) is 11.3 Å². The molecular weight excluding hydrogens is 444 g/mol. The molecule has 5 nitrogen and oxygen atoms in total. The molecule has 7 heteroatoms. The average Bonchev–Trinajstić information content (AvgIpc) is 2.82. The fourth-order valence-corrected chi connectivity index (χ4v) is 5.14. The Bertz CT molecular complexity index is 1550. The van der Waals surface area contributed by atoms with E-state index < -0.39 is 0 Å². The molecule has 0 aliphatic heterocycles. The normalized spacial score (nSPS) is 11.2. The Morgan fingerprint density at radius 2 is 1.78 bits per heavy atom. The van der Waals surface area contributed by atoms with Crippen molar-refractivity contribution in [3.05, 3.63) is 81.5 Å². The topological polar surface area (TPSA) is 60.5 Å². The maximum absolute atomic E-state index is 13.5. The molecule has 5 rings (SSSR count). The van der Waals surface area contributed by atoms with Crippen molar-refractivity contribution < 1.29 is 9.47 Å². The third kappa shape index (κ3) is 3.51. The van der Waals surface area contributed by atoms with Crippen LogP contribution in [0.2, 0.25) is 5.02 Å². The Hall–Kier alpha value is -3.35. The van der Waals surface area contributed by atoms with E-state index in [0.29, 0.717) is 39.7 Å². The van der Waals surface area contributed by atoms with Gasteiger partial charge in [-0.2, -0.15) is 0 Å². The van der Waals surface area contributed by atoms with Crippen LogP contribution in [0.3, 0.4) is 0 Å². The summed E-state index contributed by atoms with van der Waals surface area (Å²) in [5, 5.41) is 6.09. The van der Waals surface area contributed by atoms with Gasteiger partial charge in [-0.3, -0.25) is 4.79 Å². The van der Waals surface area contributed by atoms with Crippen LogP contribution in [0.1, 0.15) is 5.56 Å². The Balaban J connectivity index is 1.68. The third-order valence-electron chi connectivity index (χ3n) is 5.38. The number of hydrogen-bond donors (Lipinski definition) is 1. The second-order valence-electron chi connectivity index (χ2n) is 7.30. The number of benzene rings is 3. The highest BCUT2D eigenvalue weighted by Gasteiger charge is 2.15. The molecule has 0 spiro atoms. The minimum Gasteiger partial charge on any atom is -0.493 e. The number of nitrogens with one attached hydrogen (secondary N) is 1. The van der Waals surface area contributed by atoms with Crippen LogP contribution in [-0.4, -0.2) is 19.2 Å². The Labute approximate surface area is 193 Å². The molecule has 2 heterocycles. The standard InChI is InChI=1S/C25H19ClN2O3S/c1-30-19-9-7-14(11-20(19)31-2)13-27-25-24-22(16-5-3-4-6-18(16)28-25)23(29)17-12-15(26)8-10-21(17)32-24/h3-12H,13H2,1-2H3,(H,27,28). The monoisotopic (exact) mass is 462 g/mol. The number of aromatic nitrogens is 1. The predicted octanol–water partition coefficient (Wildman–Crippen LogP) is 6.25. The van der Waals surface area contributed by atoms with Crippen molar-refractivity contribution in [2.75, 3.05) is 19.5 Å². The van der Waals surface area contributed by atoms with Gasteiger partial charge in [-0.05, 0) is 42.0 Å². The first-order valence-corrected chi connectivity index (χ1v) is 11.2. The fraction of sp³-hybridized carbons (Fsp3) is 0.120. The summed E-state index contributed by atoms with van der Waals surface area (Å²) < 4.78 is 12.4. The highest BCUT2D eigenvalue weighted by atomic mass is 35.5. The summed E-state index contributed by atoms with van der Waals surface area (Å²) in [5.74, 6) is 2.01. The molecule has 5 aromatic rings. The van der Waals surface area contributed by atoms with Crippen LogP contribution in [0, 0.1) is 0 Å². The van der Waals surface area contributed by atoms with E-state index in [-0.39, 0.29) is 5.43 Å². The molecule has 3 aromatic carbocycles. The summed E-state index contributed by atoms with van der Waals surface area (Å²) in [4.78, 5) is 18.3. The van der Waals surface area contributed by atoms with Gasteiger partial charge >= 0.3 is 0 Å². The summed E-state index contributed by atoms with van der Waals surface area (Å²) in [5.41, 5.74) is 1.73. The van der Waals surface area contributed by atoms with Crippen molar-refractivity contribution >= 4 is 59.8 Å². The van der Waals surface area contributed by atoms with Gasteiger partial charge in [0, 0.05) is 27.0 Å². The van der Waals surface area contributed by atoms with E-state index in [2.05, 4.69) is 5.32 Å². The van der Waals surface area contributed by atoms with Crippen molar-refractivity contribution in [3.8, 4) is 11.5 Å². The van der Waals surface area contributed by atoms with Gasteiger partial charge in [0.1, 0.15) is 5.82 Å². The van der Waals surface area contributed by atoms with Crippen LogP contribution in [0.15, 0.2) is 65.5 Å². The lowest BCUT2D eigenvalue weighted by Crippen LogP contribution is -2.07. The number of anilines is 1. The quantitative estimate of drug-likeness (QED) is 0.247. The molecule has 2 aromatic heterocycles. The number of hydrogen-bond acceptors (Lipinski definition) is 6. The number of rotatable bonds is 5. The van der Waals surface area contributed by atoms with E-state index in [1.54, 1.807) is 26.4 Å². The van der Waals surface area contributed by atoms with E-state index in [0.717, 1.165) is 25.9 Å². The van der Waals surface area contributed by atoms with Gasteiger partial charge in [-0.15, -0.1) is 11.3 Å². The van der Waals surface area contributed by atoms with Gasteiger partial charge in [0.15, 0.2) is 16.9 Å². The van der Waals surface area contributed by atoms with Crippen molar-refractivity contribution in [2.24, 2.45) is 0 Å². The zero-order valence-electron chi connectivity index (χ0n) is 17.4. The zero-order valence-corrected chi connectivity index (χ0v) is 19.0. The summed E-state index contributed by atoms with van der Waals surface area (Å²) in [6.45, 7) is 0.514. The van der Waals surface area contributed by atoms with Crippen molar-refractivity contribution in [3.63, 3.8) is 0 Å². The van der Waals surface area contributed by atoms with Crippen LogP contribution in [0.4, 0.5) is 5.82 Å². The SMILES string of the molecule is COc1ccc(CNc2nc3ccccc3c3c(=O)c4cc(Cl)ccc4sc23)cc1OC. The van der Waals surface area contributed by atoms with Gasteiger partial charge in [-0.25, -0.2) is 4.98 Å². The summed E-state index contributed by atoms with van der Waals surface area (Å²) in [6.07, 6.45) is 0. The number of para-hydroxylation sites is 1. The van der Waals surface area contributed by atoms with Crippen LogP contribution < -0.4 is 20.2 Å². The lowest BCUT2D eigenvalue weighted by molar-refractivity contribution is 0.354. The molecule has 0 aliphatic carbocycles. The molecule has 0 atom stereocenters. The van der Waals surface area contributed by atoms with Crippen molar-refractivity contribution in [1.29, 1.82) is 0 Å². The minimum absolute atomic E-state index is 0.0379. The van der Waals surface area contributed by atoms with Gasteiger partial charge < -0.3 is 14.8 Å². The second kappa shape index (κ2) is 8.30. The van der Waals surface area contributed by atoms with Crippen molar-refractivity contribution in [1.82, 2.24) is 4.98 Å². The van der Waals surface area contributed by atoms with Crippen LogP contribution in [0.5, 0.6) is 11.5 Å². The first-order valence-electron chi connectivity index (χ1n) is 9.98. The number of methoxy groups -OCH3 is 2. The maximum atomic E-state index is 13.5. The van der Waals surface area contributed by atoms with Gasteiger partial charge in [0.2, 0.25) is 0 Å². The average molecular weight is 463 g/mol. The van der Waals surface area contributed by atoms with Gasteiger partial charge in [0.25, 0.3) is 0 Å². The van der Waals surface area contributed by atoms with Crippen LogP contribution in [0.25, 0.3) is 31.1 Å². The molecule has 0 amide bonds. The number of fused-ring (bicyclic) bond motifs is 4. The second-order valence-corrected chi connectivity index (χ2v) is 8.78. The van der Waals surface area contributed by atoms with E-state index in [1.807, 2.05) is 48.5 Å². The molecule has 160 valence electrons. The van der Waals surface area contributed by atoms with Crippen molar-refractivity contribution in [2.45, 2.75) is 6.54 Å². The number of ether oxygens (including phenoxy) is 2. The Morgan fingerprint density at radius 3 is 2.59 bits per heavy atom. The first-order chi connectivity index (χ1) is 15.6. The van der Waals surface area contributed by atoms with E-state index in [4.69, 9.17) is 26.1 Å².